The van der Waals surface area contributed by atoms with Crippen molar-refractivity contribution < 1.29 is 14.7 Å². The fourth-order valence-electron chi connectivity index (χ4n) is 1.13. The number of carbonyl (C=O) groups is 2. The number of aliphatic carboxylic acids is 1. The smallest absolute Gasteiger partial charge is 0.326 e. The van der Waals surface area contributed by atoms with E-state index in [2.05, 4.69) is 5.32 Å². The molecule has 0 radical (unpaired) electrons. The van der Waals surface area contributed by atoms with E-state index in [1.165, 1.54) is 0 Å². The quantitative estimate of drug-likeness (QED) is 0.674. The van der Waals surface area contributed by atoms with Gasteiger partial charge in [0.15, 0.2) is 0 Å². The van der Waals surface area contributed by atoms with Gasteiger partial charge >= 0.3 is 5.97 Å². The lowest BCUT2D eigenvalue weighted by atomic mass is 10.0. The first-order chi connectivity index (χ1) is 6.02. The van der Waals surface area contributed by atoms with Gasteiger partial charge < -0.3 is 10.4 Å². The maximum Gasteiger partial charge on any atom is 0.326 e. The van der Waals surface area contributed by atoms with E-state index in [0.29, 0.717) is 0 Å². The number of rotatable bonds is 4. The molecular weight excluding hydrogens is 170 g/mol. The topological polar surface area (TPSA) is 66.4 Å². The fourth-order valence-corrected chi connectivity index (χ4v) is 1.13. The van der Waals surface area contributed by atoms with Gasteiger partial charge in [-0.3, -0.25) is 4.79 Å². The Morgan fingerprint density at radius 2 is 1.92 bits per heavy atom. The Labute approximate surface area is 77.3 Å². The van der Waals surface area contributed by atoms with Crippen LogP contribution in [0.4, 0.5) is 0 Å². The van der Waals surface area contributed by atoms with Crippen LogP contribution in [0.3, 0.4) is 0 Å². The van der Waals surface area contributed by atoms with Gasteiger partial charge in [0.25, 0.3) is 0 Å². The summed E-state index contributed by atoms with van der Waals surface area (Å²) in [6.45, 7) is 3.57. The third-order valence-corrected chi connectivity index (χ3v) is 2.18. The van der Waals surface area contributed by atoms with Gasteiger partial charge in [-0.1, -0.05) is 13.8 Å². The Morgan fingerprint density at radius 3 is 2.23 bits per heavy atom. The summed E-state index contributed by atoms with van der Waals surface area (Å²) in [5.41, 5.74) is 0. The number of carbonyl (C=O) groups excluding carboxylic acids is 1. The summed E-state index contributed by atoms with van der Waals surface area (Å²) in [6, 6.07) is -0.743. The summed E-state index contributed by atoms with van der Waals surface area (Å²) in [4.78, 5) is 22.0. The van der Waals surface area contributed by atoms with Crippen molar-refractivity contribution in [2.45, 2.75) is 32.7 Å². The zero-order chi connectivity index (χ0) is 10.0. The second-order valence-corrected chi connectivity index (χ2v) is 3.84. The molecule has 1 aliphatic rings. The van der Waals surface area contributed by atoms with Crippen LogP contribution >= 0.6 is 0 Å². The zero-order valence-electron chi connectivity index (χ0n) is 7.91. The number of hydrogen-bond acceptors (Lipinski definition) is 2. The summed E-state index contributed by atoms with van der Waals surface area (Å²) >= 11 is 0. The highest BCUT2D eigenvalue weighted by molar-refractivity contribution is 5.86. The highest BCUT2D eigenvalue weighted by Crippen LogP contribution is 2.29. The van der Waals surface area contributed by atoms with Crippen LogP contribution < -0.4 is 5.32 Å². The van der Waals surface area contributed by atoms with Crippen LogP contribution in [0.2, 0.25) is 0 Å². The summed E-state index contributed by atoms with van der Waals surface area (Å²) < 4.78 is 0. The Kier molecular flexibility index (Phi) is 2.90. The van der Waals surface area contributed by atoms with Crippen LogP contribution in [0.15, 0.2) is 0 Å². The molecule has 1 rings (SSSR count). The third kappa shape index (κ3) is 2.72. The summed E-state index contributed by atoms with van der Waals surface area (Å²) in [5.74, 6) is -1.06. The van der Waals surface area contributed by atoms with E-state index in [1.54, 1.807) is 13.8 Å². The van der Waals surface area contributed by atoms with Crippen molar-refractivity contribution in [3.63, 3.8) is 0 Å². The molecular formula is C9H15NO3. The summed E-state index contributed by atoms with van der Waals surface area (Å²) in [6.07, 6.45) is 1.80. The van der Waals surface area contributed by atoms with Crippen LogP contribution in [0.5, 0.6) is 0 Å². The molecule has 1 atom stereocenters. The van der Waals surface area contributed by atoms with Gasteiger partial charge in [-0.2, -0.15) is 0 Å². The first kappa shape index (κ1) is 10.0. The van der Waals surface area contributed by atoms with Crippen LogP contribution in [0.25, 0.3) is 0 Å². The molecule has 0 heterocycles. The van der Waals surface area contributed by atoms with Gasteiger partial charge in [0.05, 0.1) is 0 Å². The third-order valence-electron chi connectivity index (χ3n) is 2.18. The number of hydrogen-bond donors (Lipinski definition) is 2. The Morgan fingerprint density at radius 1 is 1.38 bits per heavy atom. The van der Waals surface area contributed by atoms with Gasteiger partial charge in [0.1, 0.15) is 6.04 Å². The molecule has 1 saturated carbocycles. The zero-order valence-corrected chi connectivity index (χ0v) is 7.91. The number of carboxylic acid groups (broad SMARTS) is 1. The number of carboxylic acids is 1. The Bertz CT molecular complexity index is 221. The van der Waals surface area contributed by atoms with E-state index in [1.807, 2.05) is 0 Å². The predicted octanol–water partition coefficient (Wildman–Crippen LogP) is 0.622. The normalized spacial score (nSPS) is 18.4. The van der Waals surface area contributed by atoms with E-state index < -0.39 is 12.0 Å². The minimum absolute atomic E-state index is 0.0693. The maximum atomic E-state index is 11.3. The molecule has 13 heavy (non-hydrogen) atoms. The van der Waals surface area contributed by atoms with Gasteiger partial charge in [0, 0.05) is 5.92 Å². The molecule has 0 aromatic rings. The lowest BCUT2D eigenvalue weighted by Gasteiger charge is -2.17. The van der Waals surface area contributed by atoms with Crippen LogP contribution in [0, 0.1) is 11.8 Å². The first-order valence-electron chi connectivity index (χ1n) is 4.55. The molecule has 0 saturated heterocycles. The van der Waals surface area contributed by atoms with E-state index in [4.69, 9.17) is 5.11 Å². The molecule has 1 fully saturated rings. The SMILES string of the molecule is CC(C)[C@@H](NC(=O)C1CC1)C(=O)O. The Hall–Kier alpha value is -1.06. The number of amides is 1. The largest absolute Gasteiger partial charge is 0.480 e. The predicted molar refractivity (Wildman–Crippen MR) is 47.1 cm³/mol. The first-order valence-corrected chi connectivity index (χ1v) is 4.55. The molecule has 1 aliphatic carbocycles. The van der Waals surface area contributed by atoms with Crippen molar-refractivity contribution in [3.05, 3.63) is 0 Å². The molecule has 0 unspecified atom stereocenters. The van der Waals surface area contributed by atoms with Crippen molar-refractivity contribution in [1.82, 2.24) is 5.32 Å². The molecule has 0 bridgehead atoms. The lowest BCUT2D eigenvalue weighted by Crippen LogP contribution is -2.44. The van der Waals surface area contributed by atoms with Crippen molar-refractivity contribution in [2.75, 3.05) is 0 Å². The molecule has 4 nitrogen and oxygen atoms in total. The van der Waals surface area contributed by atoms with Crippen molar-refractivity contribution in [3.8, 4) is 0 Å². The number of nitrogens with one attached hydrogen (secondary N) is 1. The average molecular weight is 185 g/mol. The van der Waals surface area contributed by atoms with E-state index in [9.17, 15) is 9.59 Å². The van der Waals surface area contributed by atoms with Crippen LogP contribution in [-0.4, -0.2) is 23.0 Å². The van der Waals surface area contributed by atoms with E-state index in [-0.39, 0.29) is 17.7 Å². The highest BCUT2D eigenvalue weighted by atomic mass is 16.4. The second-order valence-electron chi connectivity index (χ2n) is 3.84. The molecule has 4 heteroatoms. The lowest BCUT2D eigenvalue weighted by molar-refractivity contribution is -0.143. The van der Waals surface area contributed by atoms with Crippen LogP contribution in [-0.2, 0) is 9.59 Å². The fraction of sp³-hybridized carbons (Fsp3) is 0.778. The Balaban J connectivity index is 2.46. The molecule has 0 spiro atoms. The van der Waals surface area contributed by atoms with Crippen molar-refractivity contribution >= 4 is 11.9 Å². The summed E-state index contributed by atoms with van der Waals surface area (Å²) in [7, 11) is 0. The van der Waals surface area contributed by atoms with E-state index in [0.717, 1.165) is 12.8 Å². The van der Waals surface area contributed by atoms with Gasteiger partial charge in [-0.15, -0.1) is 0 Å². The second kappa shape index (κ2) is 3.77. The monoisotopic (exact) mass is 185 g/mol. The van der Waals surface area contributed by atoms with Crippen molar-refractivity contribution in [2.24, 2.45) is 11.8 Å². The maximum absolute atomic E-state index is 11.3. The highest BCUT2D eigenvalue weighted by Gasteiger charge is 2.33. The van der Waals surface area contributed by atoms with Crippen LogP contribution in [0.1, 0.15) is 26.7 Å². The standard InChI is InChI=1S/C9H15NO3/c1-5(2)7(9(12)13)10-8(11)6-3-4-6/h5-7H,3-4H2,1-2H3,(H,10,11)(H,12,13)/t7-/m1/s1. The molecule has 74 valence electrons. The minimum atomic E-state index is -0.955. The molecule has 1 amide bonds. The van der Waals surface area contributed by atoms with Gasteiger partial charge in [0.2, 0.25) is 5.91 Å². The van der Waals surface area contributed by atoms with Gasteiger partial charge in [-0.05, 0) is 18.8 Å². The molecule has 0 aromatic carbocycles. The average Bonchev–Trinajstić information content (AvgIpc) is 2.80. The van der Waals surface area contributed by atoms with Crippen molar-refractivity contribution in [1.29, 1.82) is 0 Å². The minimum Gasteiger partial charge on any atom is -0.480 e. The molecule has 0 aromatic heterocycles. The summed E-state index contributed by atoms with van der Waals surface area (Å²) in [5, 5.41) is 11.3. The van der Waals surface area contributed by atoms with E-state index >= 15 is 0 Å². The van der Waals surface area contributed by atoms with Gasteiger partial charge in [-0.25, -0.2) is 4.79 Å². The molecule has 0 aliphatic heterocycles. The molecule has 2 N–H and O–H groups in total.